The number of rotatable bonds is 6. The minimum atomic E-state index is -0.604. The Bertz CT molecular complexity index is 1600. The van der Waals surface area contributed by atoms with Crippen molar-refractivity contribution in [3.05, 3.63) is 71.7 Å². The van der Waals surface area contributed by atoms with Crippen LogP contribution >= 0.6 is 0 Å². The average Bonchev–Trinajstić information content (AvgIpc) is 3.49. The van der Waals surface area contributed by atoms with Crippen LogP contribution in [0.1, 0.15) is 11.5 Å². The Morgan fingerprint density at radius 1 is 1.11 bits per heavy atom. The molecular weight excluding hydrogens is 453 g/mol. The van der Waals surface area contributed by atoms with E-state index in [1.807, 2.05) is 30.8 Å². The zero-order chi connectivity index (χ0) is 24.5. The zero-order valence-electron chi connectivity index (χ0n) is 19.6. The Balaban J connectivity index is 1.76. The monoisotopic (exact) mass is 475 g/mol. The van der Waals surface area contributed by atoms with Gasteiger partial charge in [-0.1, -0.05) is 5.16 Å². The van der Waals surface area contributed by atoms with Crippen molar-refractivity contribution in [1.29, 1.82) is 0 Å². The van der Waals surface area contributed by atoms with E-state index in [9.17, 15) is 0 Å². The van der Waals surface area contributed by atoms with Crippen molar-refractivity contribution in [3.8, 4) is 22.8 Å². The fraction of sp³-hybridized carbons (Fsp3) is 0.208. The van der Waals surface area contributed by atoms with Crippen LogP contribution in [-0.2, 0) is 13.6 Å². The summed E-state index contributed by atoms with van der Waals surface area (Å²) in [7, 11) is 4.72. The molecule has 0 aliphatic rings. The number of aromatic nitrogens is 6. The number of hydrogen-bond acceptors (Lipinski definition) is 8. The summed E-state index contributed by atoms with van der Waals surface area (Å²) < 4.78 is 34.3. The molecule has 0 atom stereocenters. The van der Waals surface area contributed by atoms with Gasteiger partial charge < -0.3 is 18.6 Å². The SMILES string of the molecule is COc1cc(N=c2ccc3ncc(-c4cnn(C)c4)nc3n2Cc2cc(C)on2)c(F)c(OC)c1. The molecule has 1 aromatic carbocycles. The highest BCUT2D eigenvalue weighted by atomic mass is 19.1. The summed E-state index contributed by atoms with van der Waals surface area (Å²) in [6.07, 6.45) is 5.26. The lowest BCUT2D eigenvalue weighted by Gasteiger charge is -2.12. The Morgan fingerprint density at radius 2 is 1.97 bits per heavy atom. The minimum Gasteiger partial charge on any atom is -0.497 e. The van der Waals surface area contributed by atoms with Crippen LogP contribution < -0.4 is 15.0 Å². The van der Waals surface area contributed by atoms with Gasteiger partial charge in [-0.3, -0.25) is 9.67 Å². The van der Waals surface area contributed by atoms with E-state index in [0.717, 1.165) is 5.56 Å². The molecule has 0 unspecified atom stereocenters. The lowest BCUT2D eigenvalue weighted by atomic mass is 10.2. The van der Waals surface area contributed by atoms with Crippen LogP contribution in [0.25, 0.3) is 22.4 Å². The molecule has 0 aliphatic carbocycles. The number of methoxy groups -OCH3 is 2. The van der Waals surface area contributed by atoms with E-state index in [4.69, 9.17) is 19.0 Å². The fourth-order valence-corrected chi connectivity index (χ4v) is 3.69. The lowest BCUT2D eigenvalue weighted by Crippen LogP contribution is -2.23. The van der Waals surface area contributed by atoms with Gasteiger partial charge in [-0.15, -0.1) is 0 Å². The first-order valence-electron chi connectivity index (χ1n) is 10.7. The quantitative estimate of drug-likeness (QED) is 0.370. The Hall–Kier alpha value is -4.54. The van der Waals surface area contributed by atoms with Crippen molar-refractivity contribution < 1.29 is 18.4 Å². The summed E-state index contributed by atoms with van der Waals surface area (Å²) >= 11 is 0. The number of pyridine rings is 1. The molecule has 0 saturated carbocycles. The second kappa shape index (κ2) is 9.01. The molecule has 5 rings (SSSR count). The highest BCUT2D eigenvalue weighted by Crippen LogP contribution is 2.32. The predicted octanol–water partition coefficient (Wildman–Crippen LogP) is 3.57. The molecule has 0 radical (unpaired) electrons. The maximum atomic E-state index is 15.1. The van der Waals surface area contributed by atoms with Crippen LogP contribution in [0, 0.1) is 12.7 Å². The van der Waals surface area contributed by atoms with Crippen molar-refractivity contribution in [1.82, 2.24) is 29.5 Å². The van der Waals surface area contributed by atoms with Crippen molar-refractivity contribution in [3.63, 3.8) is 0 Å². The smallest absolute Gasteiger partial charge is 0.190 e. The summed E-state index contributed by atoms with van der Waals surface area (Å²) in [6.45, 7) is 2.09. The summed E-state index contributed by atoms with van der Waals surface area (Å²) in [5.74, 6) is 0.513. The van der Waals surface area contributed by atoms with Crippen LogP contribution in [-0.4, -0.2) is 43.7 Å². The van der Waals surface area contributed by atoms with Crippen molar-refractivity contribution in [2.75, 3.05) is 14.2 Å². The van der Waals surface area contributed by atoms with Gasteiger partial charge in [0.15, 0.2) is 17.2 Å². The number of nitrogens with zero attached hydrogens (tertiary/aromatic N) is 7. The van der Waals surface area contributed by atoms with E-state index < -0.39 is 5.82 Å². The third kappa shape index (κ3) is 4.35. The van der Waals surface area contributed by atoms with E-state index in [1.165, 1.54) is 26.4 Å². The van der Waals surface area contributed by atoms with Gasteiger partial charge >= 0.3 is 0 Å². The van der Waals surface area contributed by atoms with E-state index in [-0.39, 0.29) is 18.0 Å². The Kier molecular flexibility index (Phi) is 5.73. The first-order chi connectivity index (χ1) is 16.9. The summed E-state index contributed by atoms with van der Waals surface area (Å²) in [4.78, 5) is 14.0. The molecule has 11 heteroatoms. The molecule has 0 bridgehead atoms. The van der Waals surface area contributed by atoms with Gasteiger partial charge in [0, 0.05) is 37.0 Å². The number of ether oxygens (including phenoxy) is 2. The van der Waals surface area contributed by atoms with Gasteiger partial charge in [-0.25, -0.2) is 14.4 Å². The maximum absolute atomic E-state index is 15.1. The number of hydrogen-bond donors (Lipinski definition) is 0. The lowest BCUT2D eigenvalue weighted by molar-refractivity contribution is 0.374. The highest BCUT2D eigenvalue weighted by Gasteiger charge is 2.14. The molecule has 35 heavy (non-hydrogen) atoms. The van der Waals surface area contributed by atoms with Gasteiger partial charge in [-0.2, -0.15) is 5.10 Å². The van der Waals surface area contributed by atoms with Crippen molar-refractivity contribution >= 4 is 16.9 Å². The van der Waals surface area contributed by atoms with E-state index in [0.29, 0.717) is 39.5 Å². The first kappa shape index (κ1) is 22.3. The Labute approximate surface area is 199 Å². The summed E-state index contributed by atoms with van der Waals surface area (Å²) in [6, 6.07) is 8.33. The second-order valence-corrected chi connectivity index (χ2v) is 7.85. The van der Waals surface area contributed by atoms with Crippen molar-refractivity contribution in [2.24, 2.45) is 12.0 Å². The molecule has 5 aromatic rings. The topological polar surface area (TPSA) is 105 Å². The largest absolute Gasteiger partial charge is 0.497 e. The van der Waals surface area contributed by atoms with E-state index >= 15 is 4.39 Å². The average molecular weight is 475 g/mol. The van der Waals surface area contributed by atoms with Gasteiger partial charge in [0.05, 0.1) is 38.9 Å². The third-order valence-electron chi connectivity index (χ3n) is 5.39. The predicted molar refractivity (Wildman–Crippen MR) is 125 cm³/mol. The van der Waals surface area contributed by atoms with E-state index in [1.54, 1.807) is 29.2 Å². The molecule has 0 amide bonds. The number of halogens is 1. The molecule has 0 saturated heterocycles. The third-order valence-corrected chi connectivity index (χ3v) is 5.39. The minimum absolute atomic E-state index is 0.0289. The number of fused-ring (bicyclic) bond motifs is 1. The zero-order valence-corrected chi connectivity index (χ0v) is 19.6. The first-order valence-corrected chi connectivity index (χ1v) is 10.7. The standard InChI is InChI=1S/C24H22FN7O3/c1-14-7-16(30-35-14)13-32-22(28-19-8-17(33-3)9-21(34-4)23(19)25)6-5-18-24(32)29-20(11-26-18)15-10-27-31(2)12-15/h5-12H,13H2,1-4H3. The fourth-order valence-electron chi connectivity index (χ4n) is 3.69. The second-order valence-electron chi connectivity index (χ2n) is 7.85. The summed E-state index contributed by atoms with van der Waals surface area (Å²) in [5, 5.41) is 8.33. The Morgan fingerprint density at radius 3 is 2.66 bits per heavy atom. The maximum Gasteiger partial charge on any atom is 0.190 e. The molecule has 0 fully saturated rings. The van der Waals surface area contributed by atoms with Crippen LogP contribution in [0.5, 0.6) is 11.5 Å². The number of aryl methyl sites for hydroxylation is 2. The molecular formula is C24H22FN7O3. The van der Waals surface area contributed by atoms with Crippen LogP contribution in [0.15, 0.2) is 58.4 Å². The van der Waals surface area contributed by atoms with E-state index in [2.05, 4.69) is 20.2 Å². The molecule has 4 heterocycles. The molecule has 0 spiro atoms. The number of benzene rings is 1. The van der Waals surface area contributed by atoms with Gasteiger partial charge in [0.2, 0.25) is 0 Å². The molecule has 0 aliphatic heterocycles. The summed E-state index contributed by atoms with van der Waals surface area (Å²) in [5.41, 5.74) is 3.79. The van der Waals surface area contributed by atoms with Gasteiger partial charge in [-0.05, 0) is 19.1 Å². The molecule has 0 N–H and O–H groups in total. The highest BCUT2D eigenvalue weighted by molar-refractivity contribution is 5.73. The van der Waals surface area contributed by atoms with Crippen LogP contribution in [0.3, 0.4) is 0 Å². The van der Waals surface area contributed by atoms with Crippen molar-refractivity contribution in [2.45, 2.75) is 13.5 Å². The molecule has 178 valence electrons. The van der Waals surface area contributed by atoms with Crippen LogP contribution in [0.4, 0.5) is 10.1 Å². The van der Waals surface area contributed by atoms with Crippen LogP contribution in [0.2, 0.25) is 0 Å². The normalized spacial score (nSPS) is 11.9. The van der Waals surface area contributed by atoms with Gasteiger partial charge in [0.25, 0.3) is 0 Å². The molecule has 10 nitrogen and oxygen atoms in total. The van der Waals surface area contributed by atoms with Gasteiger partial charge in [0.1, 0.15) is 33.9 Å². The molecule has 4 aromatic heterocycles.